The monoisotopic (exact) mass is 1240 g/mol. The van der Waals surface area contributed by atoms with E-state index in [9.17, 15) is 19.0 Å². The summed E-state index contributed by atoms with van der Waals surface area (Å²) in [6, 6.07) is -0.898. The van der Waals surface area contributed by atoms with Gasteiger partial charge in [-0.15, -0.1) is 0 Å². The van der Waals surface area contributed by atoms with Crippen LogP contribution < -0.4 is 10.2 Å². The number of ether oxygens (including phenoxy) is 1. The standard InChI is InChI=1S/C77H141N2O7P/c1-7-10-13-16-19-22-25-28-30-32-34-36-38-39-41-42-44-46-48-51-54-57-60-63-66-69-76(80)78-74(73-85-87(82,83)84-72-71-79(4,5)6)75(68-65-62-59-56-53-50-27-24-21-18-15-12-9-3)86-77(81)70-67-64-61-58-55-52-49-47-45-43-40-37-35-33-31-29-26-23-20-17-14-11-8-2/h19-20,22-23,28-31,35,37,43,45,65,68,74-75H,7-18,21,24-27,32-34,36,38-42,44,46-64,66-67,69-73H2,1-6H3,(H-,78,80,82,83)/b22-19-,23-20-,30-28-,31-29-,37-35-,45-43-,68-65+. The van der Waals surface area contributed by atoms with Crippen LogP contribution in [0.15, 0.2) is 85.1 Å². The lowest BCUT2D eigenvalue weighted by Gasteiger charge is -2.30. The van der Waals surface area contributed by atoms with E-state index in [2.05, 4.69) is 99.0 Å². The summed E-state index contributed by atoms with van der Waals surface area (Å²) in [4.78, 5) is 40.3. The van der Waals surface area contributed by atoms with Gasteiger partial charge in [0.25, 0.3) is 7.82 Å². The van der Waals surface area contributed by atoms with Crippen molar-refractivity contribution < 1.29 is 37.3 Å². The van der Waals surface area contributed by atoms with E-state index >= 15 is 0 Å². The summed E-state index contributed by atoms with van der Waals surface area (Å²) in [5, 5.41) is 3.05. The molecular formula is C77H141N2O7P. The number of amides is 1. The number of phosphoric ester groups is 1. The first-order valence-electron chi connectivity index (χ1n) is 36.9. The van der Waals surface area contributed by atoms with Gasteiger partial charge >= 0.3 is 5.97 Å². The molecule has 1 amide bonds. The second-order valence-electron chi connectivity index (χ2n) is 26.1. The minimum absolute atomic E-state index is 0.0261. The van der Waals surface area contributed by atoms with Crippen molar-refractivity contribution in [2.45, 2.75) is 354 Å². The largest absolute Gasteiger partial charge is 0.756 e. The van der Waals surface area contributed by atoms with Crippen LogP contribution in [-0.2, 0) is 27.9 Å². The van der Waals surface area contributed by atoms with Crippen LogP contribution in [0.1, 0.15) is 342 Å². The Balaban J connectivity index is 5.09. The van der Waals surface area contributed by atoms with E-state index in [-0.39, 0.29) is 24.9 Å². The van der Waals surface area contributed by atoms with Gasteiger partial charge in [0.15, 0.2) is 0 Å². The summed E-state index contributed by atoms with van der Waals surface area (Å²) in [6.07, 6.45) is 88.4. The molecule has 3 atom stereocenters. The molecule has 1 N–H and O–H groups in total. The Morgan fingerprint density at radius 2 is 0.701 bits per heavy atom. The van der Waals surface area contributed by atoms with E-state index in [4.69, 9.17) is 13.8 Å². The normalized spacial score (nSPS) is 14.0. The van der Waals surface area contributed by atoms with Crippen LogP contribution >= 0.6 is 7.82 Å². The molecule has 0 bridgehead atoms. The molecule has 0 spiro atoms. The fourth-order valence-corrected chi connectivity index (χ4v) is 11.3. The van der Waals surface area contributed by atoms with Crippen LogP contribution in [-0.4, -0.2) is 69.4 Å². The number of phosphoric acid groups is 1. The van der Waals surface area contributed by atoms with Crippen LogP contribution in [0.5, 0.6) is 0 Å². The van der Waals surface area contributed by atoms with Crippen LogP contribution in [0, 0.1) is 0 Å². The molecule has 0 rings (SSSR count). The summed E-state index contributed by atoms with van der Waals surface area (Å²) in [7, 11) is 1.18. The molecule has 506 valence electrons. The third-order valence-corrected chi connectivity index (χ3v) is 17.3. The molecule has 0 aliphatic rings. The van der Waals surface area contributed by atoms with Crippen LogP contribution in [0.3, 0.4) is 0 Å². The summed E-state index contributed by atoms with van der Waals surface area (Å²) >= 11 is 0. The third kappa shape index (κ3) is 67.4. The summed E-state index contributed by atoms with van der Waals surface area (Å²) < 4.78 is 30.5. The number of hydrogen-bond acceptors (Lipinski definition) is 7. The van der Waals surface area contributed by atoms with Crippen molar-refractivity contribution in [1.82, 2.24) is 5.32 Å². The fourth-order valence-electron chi connectivity index (χ4n) is 10.6. The molecule has 9 nitrogen and oxygen atoms in total. The molecule has 0 saturated heterocycles. The lowest BCUT2D eigenvalue weighted by molar-refractivity contribution is -0.870. The van der Waals surface area contributed by atoms with Gasteiger partial charge in [-0.3, -0.25) is 14.2 Å². The average Bonchev–Trinajstić information content (AvgIpc) is 3.70. The Morgan fingerprint density at radius 3 is 1.07 bits per heavy atom. The maximum Gasteiger partial charge on any atom is 0.306 e. The second-order valence-corrected chi connectivity index (χ2v) is 27.5. The zero-order chi connectivity index (χ0) is 63.5. The number of esters is 1. The highest BCUT2D eigenvalue weighted by molar-refractivity contribution is 7.45. The fraction of sp³-hybridized carbons (Fsp3) is 0.792. The lowest BCUT2D eigenvalue weighted by Crippen LogP contribution is -2.47. The van der Waals surface area contributed by atoms with Gasteiger partial charge in [0, 0.05) is 12.8 Å². The maximum absolute atomic E-state index is 13.6. The van der Waals surface area contributed by atoms with Crippen molar-refractivity contribution >= 4 is 19.7 Å². The van der Waals surface area contributed by atoms with Crippen LogP contribution in [0.4, 0.5) is 0 Å². The molecule has 0 aromatic carbocycles. The molecule has 10 heteroatoms. The van der Waals surface area contributed by atoms with Gasteiger partial charge in [-0.25, -0.2) is 0 Å². The number of allylic oxidation sites excluding steroid dienone is 13. The molecule has 0 aliphatic carbocycles. The van der Waals surface area contributed by atoms with Gasteiger partial charge in [-0.2, -0.15) is 0 Å². The smallest absolute Gasteiger partial charge is 0.306 e. The maximum atomic E-state index is 13.6. The van der Waals surface area contributed by atoms with Gasteiger partial charge in [0.1, 0.15) is 19.3 Å². The van der Waals surface area contributed by atoms with Crippen molar-refractivity contribution in [3.63, 3.8) is 0 Å². The van der Waals surface area contributed by atoms with Crippen molar-refractivity contribution in [3.05, 3.63) is 85.1 Å². The molecule has 0 radical (unpaired) electrons. The van der Waals surface area contributed by atoms with E-state index < -0.39 is 26.6 Å². The predicted molar refractivity (Wildman–Crippen MR) is 376 cm³/mol. The van der Waals surface area contributed by atoms with E-state index in [0.29, 0.717) is 17.4 Å². The average molecular weight is 1240 g/mol. The highest BCUT2D eigenvalue weighted by Gasteiger charge is 2.27. The number of carbonyl (C=O) groups is 2. The topological polar surface area (TPSA) is 114 Å². The van der Waals surface area contributed by atoms with Crippen LogP contribution in [0.25, 0.3) is 0 Å². The van der Waals surface area contributed by atoms with E-state index in [1.165, 1.54) is 212 Å². The molecule has 87 heavy (non-hydrogen) atoms. The van der Waals surface area contributed by atoms with Crippen molar-refractivity contribution in [1.29, 1.82) is 0 Å². The van der Waals surface area contributed by atoms with Gasteiger partial charge in [-0.1, -0.05) is 305 Å². The number of likely N-dealkylation sites (N-methyl/N-ethyl adjacent to an activating group) is 1. The highest BCUT2D eigenvalue weighted by Crippen LogP contribution is 2.38. The molecule has 0 heterocycles. The van der Waals surface area contributed by atoms with Crippen LogP contribution in [0.2, 0.25) is 0 Å². The van der Waals surface area contributed by atoms with E-state index in [1.54, 1.807) is 0 Å². The molecule has 0 fully saturated rings. The summed E-state index contributed by atoms with van der Waals surface area (Å²) in [6.45, 7) is 6.82. The van der Waals surface area contributed by atoms with Gasteiger partial charge in [0.2, 0.25) is 5.91 Å². The predicted octanol–water partition coefficient (Wildman–Crippen LogP) is 23.0. The molecular weight excluding hydrogens is 1100 g/mol. The number of nitrogens with zero attached hydrogens (tertiary/aromatic N) is 1. The number of nitrogens with one attached hydrogen (secondary N) is 1. The first-order valence-corrected chi connectivity index (χ1v) is 38.4. The molecule has 0 saturated carbocycles. The Bertz CT molecular complexity index is 1760. The number of carbonyl (C=O) groups excluding carboxylic acids is 2. The first-order chi connectivity index (χ1) is 42.4. The number of quaternary nitrogens is 1. The Kier molecular flexibility index (Phi) is 64.0. The molecule has 0 aliphatic heterocycles. The molecule has 0 aromatic rings. The Morgan fingerprint density at radius 1 is 0.402 bits per heavy atom. The van der Waals surface area contributed by atoms with E-state index in [0.717, 1.165) is 96.3 Å². The Hall–Kier alpha value is -2.81. The van der Waals surface area contributed by atoms with Crippen molar-refractivity contribution in [3.8, 4) is 0 Å². The lowest BCUT2D eigenvalue weighted by atomic mass is 10.0. The van der Waals surface area contributed by atoms with Crippen molar-refractivity contribution in [2.75, 3.05) is 40.9 Å². The molecule has 0 aromatic heterocycles. The highest BCUT2D eigenvalue weighted by atomic mass is 31.2. The summed E-state index contributed by atoms with van der Waals surface area (Å²) in [5.74, 6) is -0.544. The Labute approximate surface area is 539 Å². The van der Waals surface area contributed by atoms with Crippen molar-refractivity contribution in [2.24, 2.45) is 0 Å². The minimum Gasteiger partial charge on any atom is -0.756 e. The second kappa shape index (κ2) is 66.1. The van der Waals surface area contributed by atoms with Gasteiger partial charge in [-0.05, 0) is 109 Å². The quantitative estimate of drug-likeness (QED) is 0.0212. The SMILES string of the molecule is CCCCC/C=C\C/C=C\C/C=C\C/C=C\CCCCCCCCCC(=O)OC(/C=C/CCCCCCCCCCCCC)C(COP(=O)([O-])OCC[N+](C)(C)C)NC(=O)CCCCCCCCCCCCCCCCC/C=C\C/C=C\CCCCC. The zero-order valence-corrected chi connectivity index (χ0v) is 58.9. The third-order valence-electron chi connectivity index (χ3n) is 16.3. The first kappa shape index (κ1) is 84.2. The number of hydrogen-bond donors (Lipinski definition) is 1. The number of unbranched alkanes of at least 4 members (excludes halogenated alkanes) is 39. The molecule has 3 unspecified atom stereocenters. The van der Waals surface area contributed by atoms with Gasteiger partial charge < -0.3 is 28.5 Å². The minimum atomic E-state index is -4.71. The zero-order valence-electron chi connectivity index (χ0n) is 58.0. The number of rotatable bonds is 67. The van der Waals surface area contributed by atoms with E-state index in [1.807, 2.05) is 33.3 Å². The van der Waals surface area contributed by atoms with Gasteiger partial charge in [0.05, 0.1) is 33.8 Å². The summed E-state index contributed by atoms with van der Waals surface area (Å²) in [5.41, 5.74) is 0.